The van der Waals surface area contributed by atoms with Crippen molar-refractivity contribution in [2.75, 3.05) is 7.11 Å². The van der Waals surface area contributed by atoms with Crippen LogP contribution in [0.2, 0.25) is 5.02 Å². The fourth-order valence-corrected chi connectivity index (χ4v) is 2.63. The maximum Gasteiger partial charge on any atom is 0.314 e. The number of carboxylic acid groups (broad SMARTS) is 1. The Morgan fingerprint density at radius 3 is 2.53 bits per heavy atom. The molecular weight excluding hydrogens is 278 g/mol. The molecule has 0 saturated heterocycles. The second kappa shape index (κ2) is 5.06. The Morgan fingerprint density at radius 2 is 2.11 bits per heavy atom. The zero-order chi connectivity index (χ0) is 14.2. The Bertz CT molecular complexity index is 527. The number of ether oxygens (including phenoxy) is 1. The molecule has 1 saturated carbocycles. The third-order valence-electron chi connectivity index (χ3n) is 3.67. The van der Waals surface area contributed by atoms with Crippen LogP contribution < -0.4 is 0 Å². The van der Waals surface area contributed by atoms with E-state index in [1.165, 1.54) is 13.2 Å². The fraction of sp³-hybridized carbons (Fsp3) is 0.462. The van der Waals surface area contributed by atoms with Crippen molar-refractivity contribution in [1.29, 1.82) is 0 Å². The minimum atomic E-state index is -1.35. The zero-order valence-corrected chi connectivity index (χ0v) is 11.1. The Labute approximate surface area is 114 Å². The van der Waals surface area contributed by atoms with Crippen LogP contribution in [0.4, 0.5) is 8.78 Å². The van der Waals surface area contributed by atoms with Gasteiger partial charge in [0.15, 0.2) is 11.6 Å². The number of carbonyl (C=O) groups is 1. The molecule has 1 aliphatic rings. The summed E-state index contributed by atoms with van der Waals surface area (Å²) in [6.45, 7) is -0.165. The van der Waals surface area contributed by atoms with Gasteiger partial charge in [0.05, 0.1) is 12.0 Å². The van der Waals surface area contributed by atoms with Crippen LogP contribution >= 0.6 is 11.6 Å². The lowest BCUT2D eigenvalue weighted by Crippen LogP contribution is -2.43. The van der Waals surface area contributed by atoms with Crippen LogP contribution in [0.5, 0.6) is 0 Å². The number of hydrogen-bond donors (Lipinski definition) is 1. The molecule has 0 spiro atoms. The van der Waals surface area contributed by atoms with Gasteiger partial charge in [-0.15, -0.1) is 0 Å². The van der Waals surface area contributed by atoms with Gasteiger partial charge in [0.25, 0.3) is 0 Å². The van der Waals surface area contributed by atoms with Gasteiger partial charge in [-0.25, -0.2) is 8.78 Å². The van der Waals surface area contributed by atoms with Crippen molar-refractivity contribution >= 4 is 17.6 Å². The first kappa shape index (κ1) is 14.2. The molecule has 0 aromatic heterocycles. The van der Waals surface area contributed by atoms with Crippen molar-refractivity contribution in [3.05, 3.63) is 33.9 Å². The van der Waals surface area contributed by atoms with E-state index in [2.05, 4.69) is 0 Å². The number of carboxylic acids is 1. The Morgan fingerprint density at radius 1 is 1.47 bits per heavy atom. The minimum absolute atomic E-state index is 0.0109. The predicted octanol–water partition coefficient (Wildman–Crippen LogP) is 3.27. The van der Waals surface area contributed by atoms with Crippen LogP contribution in [0, 0.1) is 11.6 Å². The molecule has 1 aliphatic carbocycles. The number of methoxy groups -OCH3 is 1. The number of aliphatic carboxylic acids is 1. The Kier molecular flexibility index (Phi) is 3.78. The molecular formula is C13H13ClF2O3. The lowest BCUT2D eigenvalue weighted by atomic mass is 9.64. The standard InChI is InChI=1S/C13H13ClF2O3/c1-19-6-7-9(14)5-8(11(16)10(7)15)13(12(17)18)3-2-4-13/h5H,2-4,6H2,1H3,(H,17,18). The van der Waals surface area contributed by atoms with Crippen LogP contribution in [-0.2, 0) is 21.6 Å². The maximum absolute atomic E-state index is 14.1. The highest BCUT2D eigenvalue weighted by Crippen LogP contribution is 2.46. The van der Waals surface area contributed by atoms with Gasteiger partial charge in [-0.05, 0) is 18.9 Å². The SMILES string of the molecule is COCc1c(Cl)cc(C2(C(=O)O)CCC2)c(F)c1F. The van der Waals surface area contributed by atoms with Gasteiger partial charge < -0.3 is 9.84 Å². The van der Waals surface area contributed by atoms with E-state index in [4.69, 9.17) is 16.3 Å². The Hall–Kier alpha value is -1.20. The highest BCUT2D eigenvalue weighted by atomic mass is 35.5. The average molecular weight is 291 g/mol. The van der Waals surface area contributed by atoms with Crippen molar-refractivity contribution < 1.29 is 23.4 Å². The van der Waals surface area contributed by atoms with E-state index in [0.29, 0.717) is 19.3 Å². The fourth-order valence-electron chi connectivity index (χ4n) is 2.39. The summed E-state index contributed by atoms with van der Waals surface area (Å²) < 4.78 is 32.8. The van der Waals surface area contributed by atoms with Gasteiger partial charge in [-0.2, -0.15) is 0 Å². The predicted molar refractivity (Wildman–Crippen MR) is 65.2 cm³/mol. The van der Waals surface area contributed by atoms with E-state index in [1.807, 2.05) is 0 Å². The second-order valence-electron chi connectivity index (χ2n) is 4.69. The number of rotatable bonds is 4. The van der Waals surface area contributed by atoms with Gasteiger partial charge in [-0.3, -0.25) is 4.79 Å². The second-order valence-corrected chi connectivity index (χ2v) is 5.09. The first-order valence-electron chi connectivity index (χ1n) is 5.83. The van der Waals surface area contributed by atoms with E-state index < -0.39 is 23.0 Å². The molecule has 1 aromatic carbocycles. The molecule has 0 radical (unpaired) electrons. The first-order valence-corrected chi connectivity index (χ1v) is 6.21. The number of benzene rings is 1. The number of halogens is 3. The summed E-state index contributed by atoms with van der Waals surface area (Å²) in [5.74, 6) is -3.41. The van der Waals surface area contributed by atoms with E-state index in [1.54, 1.807) is 0 Å². The number of hydrogen-bond acceptors (Lipinski definition) is 2. The summed E-state index contributed by atoms with van der Waals surface area (Å²) in [5, 5.41) is 9.25. The summed E-state index contributed by atoms with van der Waals surface area (Å²) in [6, 6.07) is 1.21. The minimum Gasteiger partial charge on any atom is -0.481 e. The quantitative estimate of drug-likeness (QED) is 0.866. The van der Waals surface area contributed by atoms with Gasteiger partial charge in [0.1, 0.15) is 0 Å². The van der Waals surface area contributed by atoms with Crippen LogP contribution in [0.15, 0.2) is 6.07 Å². The van der Waals surface area contributed by atoms with E-state index in [-0.39, 0.29) is 22.8 Å². The van der Waals surface area contributed by atoms with Gasteiger partial charge in [0.2, 0.25) is 0 Å². The summed E-state index contributed by atoms with van der Waals surface area (Å²) in [6.07, 6.45) is 1.25. The van der Waals surface area contributed by atoms with Crippen LogP contribution in [-0.4, -0.2) is 18.2 Å². The molecule has 1 N–H and O–H groups in total. The van der Waals surface area contributed by atoms with Gasteiger partial charge in [-0.1, -0.05) is 18.0 Å². The molecule has 0 heterocycles. The zero-order valence-electron chi connectivity index (χ0n) is 10.3. The molecule has 1 fully saturated rings. The smallest absolute Gasteiger partial charge is 0.314 e. The van der Waals surface area contributed by atoms with E-state index in [0.717, 1.165) is 0 Å². The topological polar surface area (TPSA) is 46.5 Å². The summed E-state index contributed by atoms with van der Waals surface area (Å²) >= 11 is 5.90. The van der Waals surface area contributed by atoms with Crippen LogP contribution in [0.25, 0.3) is 0 Å². The van der Waals surface area contributed by atoms with Crippen molar-refractivity contribution in [2.45, 2.75) is 31.3 Å². The van der Waals surface area contributed by atoms with E-state index >= 15 is 0 Å². The van der Waals surface area contributed by atoms with Gasteiger partial charge >= 0.3 is 5.97 Å². The molecule has 19 heavy (non-hydrogen) atoms. The summed E-state index contributed by atoms with van der Waals surface area (Å²) in [5.41, 5.74) is -1.61. The van der Waals surface area contributed by atoms with E-state index in [9.17, 15) is 18.7 Å². The molecule has 1 aromatic rings. The van der Waals surface area contributed by atoms with Crippen molar-refractivity contribution in [3.63, 3.8) is 0 Å². The van der Waals surface area contributed by atoms with Crippen molar-refractivity contribution in [2.24, 2.45) is 0 Å². The first-order chi connectivity index (χ1) is 8.94. The highest BCUT2D eigenvalue weighted by molar-refractivity contribution is 6.31. The lowest BCUT2D eigenvalue weighted by molar-refractivity contribution is -0.147. The van der Waals surface area contributed by atoms with Crippen molar-refractivity contribution in [3.8, 4) is 0 Å². The highest BCUT2D eigenvalue weighted by Gasteiger charge is 2.48. The normalized spacial score (nSPS) is 17.1. The third kappa shape index (κ3) is 2.11. The molecule has 2 rings (SSSR count). The average Bonchev–Trinajstić information content (AvgIpc) is 2.29. The lowest BCUT2D eigenvalue weighted by Gasteiger charge is -2.38. The van der Waals surface area contributed by atoms with Crippen LogP contribution in [0.3, 0.4) is 0 Å². The maximum atomic E-state index is 14.1. The summed E-state index contributed by atoms with van der Waals surface area (Å²) in [7, 11) is 1.34. The van der Waals surface area contributed by atoms with Crippen LogP contribution in [0.1, 0.15) is 30.4 Å². The van der Waals surface area contributed by atoms with Gasteiger partial charge in [0, 0.05) is 23.3 Å². The molecule has 0 aliphatic heterocycles. The monoisotopic (exact) mass is 290 g/mol. The third-order valence-corrected chi connectivity index (χ3v) is 4.01. The molecule has 0 atom stereocenters. The Balaban J connectivity index is 2.57. The molecule has 104 valence electrons. The summed E-state index contributed by atoms with van der Waals surface area (Å²) in [4.78, 5) is 11.3. The molecule has 6 heteroatoms. The molecule has 0 unspecified atom stereocenters. The largest absolute Gasteiger partial charge is 0.481 e. The molecule has 0 amide bonds. The molecule has 0 bridgehead atoms. The van der Waals surface area contributed by atoms with Crippen molar-refractivity contribution in [1.82, 2.24) is 0 Å². The molecule has 3 nitrogen and oxygen atoms in total.